The van der Waals surface area contributed by atoms with Crippen molar-refractivity contribution in [3.05, 3.63) is 29.8 Å². The molecule has 0 bridgehead atoms. The van der Waals surface area contributed by atoms with Gasteiger partial charge in [-0.1, -0.05) is 18.2 Å². The Morgan fingerprint density at radius 3 is 2.73 bits per heavy atom. The first-order valence-electron chi connectivity index (χ1n) is 7.41. The van der Waals surface area contributed by atoms with E-state index in [1.54, 1.807) is 7.11 Å². The number of methoxy groups -OCH3 is 1. The summed E-state index contributed by atoms with van der Waals surface area (Å²) >= 11 is 0. The Bertz CT molecular complexity index is 499. The average Bonchev–Trinajstić information content (AvgIpc) is 2.50. The van der Waals surface area contributed by atoms with Crippen molar-refractivity contribution in [1.82, 2.24) is 10.2 Å². The number of rotatable bonds is 9. The minimum atomic E-state index is -0.127. The minimum Gasteiger partial charge on any atom is -0.493 e. The number of allylic oxidation sites excluding steroid dienone is 1. The van der Waals surface area contributed by atoms with Gasteiger partial charge in [0.25, 0.3) is 5.91 Å². The molecule has 0 aliphatic carbocycles. The molecule has 1 rings (SSSR count). The van der Waals surface area contributed by atoms with Crippen molar-refractivity contribution >= 4 is 12.0 Å². The molecule has 5 nitrogen and oxygen atoms in total. The number of nitrogens with zero attached hydrogens (tertiary/aromatic N) is 1. The first kappa shape index (κ1) is 18.0. The molecule has 0 fully saturated rings. The van der Waals surface area contributed by atoms with Crippen molar-refractivity contribution in [2.75, 3.05) is 40.9 Å². The second-order valence-corrected chi connectivity index (χ2v) is 5.21. The predicted molar refractivity (Wildman–Crippen MR) is 89.4 cm³/mol. The van der Waals surface area contributed by atoms with Gasteiger partial charge in [0.2, 0.25) is 0 Å². The monoisotopic (exact) mass is 306 g/mol. The smallest absolute Gasteiger partial charge is 0.257 e. The molecule has 0 aliphatic rings. The molecule has 22 heavy (non-hydrogen) atoms. The van der Waals surface area contributed by atoms with Gasteiger partial charge in [-0.3, -0.25) is 4.79 Å². The van der Waals surface area contributed by atoms with E-state index in [1.165, 1.54) is 0 Å². The van der Waals surface area contributed by atoms with Crippen LogP contribution in [0, 0.1) is 0 Å². The van der Waals surface area contributed by atoms with Crippen LogP contribution in [0.5, 0.6) is 11.5 Å². The van der Waals surface area contributed by atoms with Gasteiger partial charge in [-0.2, -0.15) is 0 Å². The molecule has 0 saturated carbocycles. The maximum Gasteiger partial charge on any atom is 0.257 e. The first-order chi connectivity index (χ1) is 10.6. The molecule has 1 amide bonds. The van der Waals surface area contributed by atoms with Crippen molar-refractivity contribution in [3.63, 3.8) is 0 Å². The van der Waals surface area contributed by atoms with Crippen LogP contribution in [0.2, 0.25) is 0 Å². The number of hydrogen-bond acceptors (Lipinski definition) is 4. The fourth-order valence-electron chi connectivity index (χ4n) is 1.92. The molecule has 122 valence electrons. The summed E-state index contributed by atoms with van der Waals surface area (Å²) in [6, 6.07) is 5.62. The van der Waals surface area contributed by atoms with Crippen molar-refractivity contribution < 1.29 is 14.3 Å². The lowest BCUT2D eigenvalue weighted by Crippen LogP contribution is -2.31. The highest BCUT2D eigenvalue weighted by molar-refractivity contribution is 5.77. The summed E-state index contributed by atoms with van der Waals surface area (Å²) in [6.45, 7) is 3.54. The number of amides is 1. The lowest BCUT2D eigenvalue weighted by atomic mass is 10.2. The van der Waals surface area contributed by atoms with E-state index in [0.717, 1.165) is 18.5 Å². The third-order valence-electron chi connectivity index (χ3n) is 3.01. The quantitative estimate of drug-likeness (QED) is 0.711. The van der Waals surface area contributed by atoms with Crippen LogP contribution < -0.4 is 14.8 Å². The number of hydrogen-bond donors (Lipinski definition) is 1. The third-order valence-corrected chi connectivity index (χ3v) is 3.01. The van der Waals surface area contributed by atoms with Crippen LogP contribution in [0.4, 0.5) is 0 Å². The summed E-state index contributed by atoms with van der Waals surface area (Å²) in [6.07, 6.45) is 4.85. The van der Waals surface area contributed by atoms with Gasteiger partial charge in [0, 0.05) is 6.54 Å². The topological polar surface area (TPSA) is 50.8 Å². The van der Waals surface area contributed by atoms with Gasteiger partial charge < -0.3 is 19.7 Å². The standard InChI is InChI=1S/C17H26N2O3/c1-5-7-14-8-9-15(16(12-14)21-4)22-13-17(20)18-10-6-11-19(2)3/h5,7-9,12H,6,10-11,13H2,1-4H3,(H,18,20). The second kappa shape index (κ2) is 9.84. The maximum absolute atomic E-state index is 11.7. The Hall–Kier alpha value is -2.01. The molecule has 1 aromatic rings. The largest absolute Gasteiger partial charge is 0.493 e. The average molecular weight is 306 g/mol. The van der Waals surface area contributed by atoms with E-state index in [1.807, 2.05) is 51.4 Å². The molecule has 0 aliphatic heterocycles. The lowest BCUT2D eigenvalue weighted by Gasteiger charge is -2.12. The van der Waals surface area contributed by atoms with Crippen LogP contribution in [0.15, 0.2) is 24.3 Å². The zero-order chi connectivity index (χ0) is 16.4. The molecule has 0 spiro atoms. The van der Waals surface area contributed by atoms with Gasteiger partial charge in [0.1, 0.15) is 0 Å². The van der Waals surface area contributed by atoms with Gasteiger partial charge in [-0.25, -0.2) is 0 Å². The van der Waals surface area contributed by atoms with Crippen molar-refractivity contribution in [1.29, 1.82) is 0 Å². The molecule has 1 aromatic carbocycles. The van der Waals surface area contributed by atoms with Crippen molar-refractivity contribution in [2.45, 2.75) is 13.3 Å². The molecular weight excluding hydrogens is 280 g/mol. The number of carbonyl (C=O) groups is 1. The fourth-order valence-corrected chi connectivity index (χ4v) is 1.92. The summed E-state index contributed by atoms with van der Waals surface area (Å²) in [5.74, 6) is 1.06. The summed E-state index contributed by atoms with van der Waals surface area (Å²) in [5, 5.41) is 2.83. The van der Waals surface area contributed by atoms with Crippen LogP contribution in [0.3, 0.4) is 0 Å². The Kier molecular flexibility index (Phi) is 8.07. The minimum absolute atomic E-state index is 0.0126. The molecule has 0 atom stereocenters. The molecule has 1 N–H and O–H groups in total. The van der Waals surface area contributed by atoms with E-state index in [9.17, 15) is 4.79 Å². The highest BCUT2D eigenvalue weighted by atomic mass is 16.5. The van der Waals surface area contributed by atoms with Crippen molar-refractivity contribution in [3.8, 4) is 11.5 Å². The highest BCUT2D eigenvalue weighted by Gasteiger charge is 2.07. The SMILES string of the molecule is CC=Cc1ccc(OCC(=O)NCCCN(C)C)c(OC)c1. The summed E-state index contributed by atoms with van der Waals surface area (Å²) < 4.78 is 10.8. The normalized spacial score (nSPS) is 11.0. The van der Waals surface area contributed by atoms with E-state index < -0.39 is 0 Å². The number of nitrogens with one attached hydrogen (secondary N) is 1. The predicted octanol–water partition coefficient (Wildman–Crippen LogP) is 2.17. The summed E-state index contributed by atoms with van der Waals surface area (Å²) in [7, 11) is 5.60. The second-order valence-electron chi connectivity index (χ2n) is 5.21. The molecular formula is C17H26N2O3. The van der Waals surface area contributed by atoms with Crippen LogP contribution >= 0.6 is 0 Å². The fraction of sp³-hybridized carbons (Fsp3) is 0.471. The number of ether oxygens (including phenoxy) is 2. The molecule has 0 unspecified atom stereocenters. The van der Waals surface area contributed by atoms with Gasteiger partial charge in [-0.05, 0) is 51.7 Å². The zero-order valence-electron chi connectivity index (χ0n) is 13.9. The molecule has 0 saturated heterocycles. The summed E-state index contributed by atoms with van der Waals surface area (Å²) in [4.78, 5) is 13.8. The molecule has 0 heterocycles. The Labute approximate surface area is 132 Å². The Morgan fingerprint density at radius 1 is 1.32 bits per heavy atom. The first-order valence-corrected chi connectivity index (χ1v) is 7.41. The van der Waals surface area contributed by atoms with E-state index in [-0.39, 0.29) is 12.5 Å². The maximum atomic E-state index is 11.7. The van der Waals surface area contributed by atoms with Crippen LogP contribution in [-0.2, 0) is 4.79 Å². The van der Waals surface area contributed by atoms with Crippen molar-refractivity contribution in [2.24, 2.45) is 0 Å². The zero-order valence-corrected chi connectivity index (χ0v) is 13.9. The van der Waals surface area contributed by atoms with Gasteiger partial charge in [0.05, 0.1) is 7.11 Å². The third kappa shape index (κ3) is 6.63. The van der Waals surface area contributed by atoms with Gasteiger partial charge in [0.15, 0.2) is 18.1 Å². The van der Waals surface area contributed by atoms with Crippen LogP contribution in [-0.4, -0.2) is 51.7 Å². The molecule has 0 aromatic heterocycles. The van der Waals surface area contributed by atoms with Crippen LogP contribution in [0.25, 0.3) is 6.08 Å². The summed E-state index contributed by atoms with van der Waals surface area (Å²) in [5.41, 5.74) is 1.03. The number of benzene rings is 1. The van der Waals surface area contributed by atoms with E-state index >= 15 is 0 Å². The number of carbonyl (C=O) groups excluding carboxylic acids is 1. The Balaban J connectivity index is 2.45. The van der Waals surface area contributed by atoms with E-state index in [2.05, 4.69) is 10.2 Å². The van der Waals surface area contributed by atoms with Crippen LogP contribution in [0.1, 0.15) is 18.9 Å². The van der Waals surface area contributed by atoms with E-state index in [0.29, 0.717) is 18.0 Å². The Morgan fingerprint density at radius 2 is 2.09 bits per heavy atom. The highest BCUT2D eigenvalue weighted by Crippen LogP contribution is 2.28. The van der Waals surface area contributed by atoms with Gasteiger partial charge >= 0.3 is 0 Å². The molecule has 0 radical (unpaired) electrons. The van der Waals surface area contributed by atoms with Gasteiger partial charge in [-0.15, -0.1) is 0 Å². The molecule has 5 heteroatoms. The lowest BCUT2D eigenvalue weighted by molar-refractivity contribution is -0.123. The van der Waals surface area contributed by atoms with E-state index in [4.69, 9.17) is 9.47 Å².